The van der Waals surface area contributed by atoms with E-state index in [1.54, 1.807) is 24.1 Å². The number of hydrogen-bond acceptors (Lipinski definition) is 5. The lowest BCUT2D eigenvalue weighted by Crippen LogP contribution is -2.60. The summed E-state index contributed by atoms with van der Waals surface area (Å²) in [6.07, 6.45) is 1.27. The molecule has 2 amide bonds. The van der Waals surface area contributed by atoms with E-state index in [0.717, 1.165) is 18.4 Å². The van der Waals surface area contributed by atoms with Gasteiger partial charge in [0, 0.05) is 39.5 Å². The summed E-state index contributed by atoms with van der Waals surface area (Å²) in [7, 11) is -1.70. The number of amides is 2. The summed E-state index contributed by atoms with van der Waals surface area (Å²) in [5, 5.41) is 2.67. The quantitative estimate of drug-likeness (QED) is 0.743. The van der Waals surface area contributed by atoms with Gasteiger partial charge in [-0.15, -0.1) is 0 Å². The molecule has 160 valence electrons. The molecule has 1 atom stereocenters. The Kier molecular flexibility index (Phi) is 6.89. The van der Waals surface area contributed by atoms with Crippen LogP contribution in [0, 0.1) is 0 Å². The molecule has 0 saturated carbocycles. The minimum absolute atomic E-state index is 0.121. The zero-order chi connectivity index (χ0) is 21.7. The lowest BCUT2D eigenvalue weighted by Gasteiger charge is -2.40. The van der Waals surface area contributed by atoms with Crippen LogP contribution in [0.2, 0.25) is 0 Å². The molecule has 1 fully saturated rings. The monoisotopic (exact) mass is 429 g/mol. The van der Waals surface area contributed by atoms with Crippen LogP contribution < -0.4 is 5.32 Å². The fraction of sp³-hybridized carbons (Fsp3) is 0.364. The van der Waals surface area contributed by atoms with Crippen LogP contribution in [-0.2, 0) is 32.4 Å². The first kappa shape index (κ1) is 22.0. The van der Waals surface area contributed by atoms with Crippen molar-refractivity contribution in [3.05, 3.63) is 65.7 Å². The molecule has 1 aliphatic heterocycles. The molecule has 1 unspecified atom stereocenters. The third kappa shape index (κ3) is 5.46. The summed E-state index contributed by atoms with van der Waals surface area (Å²) in [6, 6.07) is 15.8. The third-order valence-corrected chi connectivity index (χ3v) is 6.42. The number of nitrogens with zero attached hydrogens (tertiary/aromatic N) is 2. The van der Waals surface area contributed by atoms with Gasteiger partial charge < -0.3 is 10.2 Å². The zero-order valence-electron chi connectivity index (χ0n) is 17.2. The molecule has 30 heavy (non-hydrogen) atoms. The maximum absolute atomic E-state index is 13.0. The first-order valence-electron chi connectivity index (χ1n) is 9.84. The Hall–Kier alpha value is -2.71. The first-order chi connectivity index (χ1) is 14.3. The van der Waals surface area contributed by atoms with Gasteiger partial charge in [0.2, 0.25) is 11.8 Å². The van der Waals surface area contributed by atoms with Crippen molar-refractivity contribution in [2.24, 2.45) is 0 Å². The van der Waals surface area contributed by atoms with Crippen molar-refractivity contribution in [2.45, 2.75) is 23.9 Å². The van der Waals surface area contributed by atoms with Gasteiger partial charge in [-0.3, -0.25) is 14.5 Å². The number of carbonyl (C=O) groups is 2. The van der Waals surface area contributed by atoms with Crippen LogP contribution in [0.25, 0.3) is 0 Å². The lowest BCUT2D eigenvalue weighted by molar-refractivity contribution is -0.143. The SMILES string of the molecule is CNC(=O)C1CN(Cc2ccccc2)CCN1C(=O)Cc1ccc(S(C)(=O)=O)cc1. The number of hydrogen-bond donors (Lipinski definition) is 1. The van der Waals surface area contributed by atoms with E-state index < -0.39 is 15.9 Å². The van der Waals surface area contributed by atoms with Gasteiger partial charge in [0.15, 0.2) is 9.84 Å². The molecule has 0 aliphatic carbocycles. The molecule has 0 radical (unpaired) electrons. The Labute approximate surface area is 177 Å². The second kappa shape index (κ2) is 9.40. The number of rotatable bonds is 6. The van der Waals surface area contributed by atoms with Crippen LogP contribution in [0.1, 0.15) is 11.1 Å². The Morgan fingerprint density at radius 2 is 1.67 bits per heavy atom. The Morgan fingerprint density at radius 3 is 2.27 bits per heavy atom. The largest absolute Gasteiger partial charge is 0.357 e. The van der Waals surface area contributed by atoms with Gasteiger partial charge in [-0.05, 0) is 23.3 Å². The van der Waals surface area contributed by atoms with Gasteiger partial charge in [-0.2, -0.15) is 0 Å². The van der Waals surface area contributed by atoms with Gasteiger partial charge in [0.1, 0.15) is 6.04 Å². The summed E-state index contributed by atoms with van der Waals surface area (Å²) >= 11 is 0. The molecule has 1 heterocycles. The molecule has 1 N–H and O–H groups in total. The van der Waals surface area contributed by atoms with E-state index in [9.17, 15) is 18.0 Å². The van der Waals surface area contributed by atoms with E-state index in [0.29, 0.717) is 19.6 Å². The molecule has 0 spiro atoms. The van der Waals surface area contributed by atoms with Crippen LogP contribution in [-0.4, -0.2) is 69.0 Å². The van der Waals surface area contributed by atoms with Gasteiger partial charge >= 0.3 is 0 Å². The number of nitrogens with one attached hydrogen (secondary N) is 1. The maximum atomic E-state index is 13.0. The average molecular weight is 430 g/mol. The number of piperazine rings is 1. The van der Waals surface area contributed by atoms with E-state index >= 15 is 0 Å². The fourth-order valence-electron chi connectivity index (χ4n) is 3.64. The molecule has 0 aromatic heterocycles. The smallest absolute Gasteiger partial charge is 0.243 e. The minimum atomic E-state index is -3.28. The summed E-state index contributed by atoms with van der Waals surface area (Å²) in [5.74, 6) is -0.330. The number of likely N-dealkylation sites (N-methyl/N-ethyl adjacent to an activating group) is 1. The number of carbonyl (C=O) groups excluding carboxylic acids is 2. The molecule has 1 saturated heterocycles. The van der Waals surface area contributed by atoms with Gasteiger partial charge in [0.05, 0.1) is 11.3 Å². The van der Waals surface area contributed by atoms with Crippen molar-refractivity contribution in [1.29, 1.82) is 0 Å². The van der Waals surface area contributed by atoms with Crippen molar-refractivity contribution >= 4 is 21.7 Å². The average Bonchev–Trinajstić information content (AvgIpc) is 2.73. The van der Waals surface area contributed by atoms with Gasteiger partial charge in [-0.1, -0.05) is 42.5 Å². The Balaban J connectivity index is 1.69. The highest BCUT2D eigenvalue weighted by atomic mass is 32.2. The van der Waals surface area contributed by atoms with Crippen molar-refractivity contribution in [2.75, 3.05) is 32.9 Å². The number of benzene rings is 2. The highest BCUT2D eigenvalue weighted by Crippen LogP contribution is 2.17. The van der Waals surface area contributed by atoms with Crippen LogP contribution in [0.3, 0.4) is 0 Å². The summed E-state index contributed by atoms with van der Waals surface area (Å²) in [4.78, 5) is 29.5. The van der Waals surface area contributed by atoms with Crippen molar-refractivity contribution in [3.8, 4) is 0 Å². The Morgan fingerprint density at radius 1 is 1.00 bits per heavy atom. The van der Waals surface area contributed by atoms with Crippen LogP contribution in [0.15, 0.2) is 59.5 Å². The summed E-state index contributed by atoms with van der Waals surface area (Å²) in [5.41, 5.74) is 1.88. The van der Waals surface area contributed by atoms with E-state index in [2.05, 4.69) is 10.2 Å². The zero-order valence-corrected chi connectivity index (χ0v) is 18.1. The second-order valence-electron chi connectivity index (χ2n) is 7.53. The minimum Gasteiger partial charge on any atom is -0.357 e. The van der Waals surface area contributed by atoms with Gasteiger partial charge in [-0.25, -0.2) is 8.42 Å². The van der Waals surface area contributed by atoms with Crippen molar-refractivity contribution < 1.29 is 18.0 Å². The van der Waals surface area contributed by atoms with E-state index in [-0.39, 0.29) is 23.1 Å². The van der Waals surface area contributed by atoms with Crippen molar-refractivity contribution in [3.63, 3.8) is 0 Å². The predicted octanol–water partition coefficient (Wildman–Crippen LogP) is 1.09. The molecule has 3 rings (SSSR count). The second-order valence-corrected chi connectivity index (χ2v) is 9.55. The molecule has 2 aromatic carbocycles. The van der Waals surface area contributed by atoms with Gasteiger partial charge in [0.25, 0.3) is 0 Å². The molecule has 0 bridgehead atoms. The predicted molar refractivity (Wildman–Crippen MR) is 115 cm³/mol. The standard InChI is InChI=1S/C22H27N3O4S/c1-23-22(27)20-16-24(15-18-6-4-3-5-7-18)12-13-25(20)21(26)14-17-8-10-19(11-9-17)30(2,28)29/h3-11,20H,12-16H2,1-2H3,(H,23,27). The number of sulfone groups is 1. The molecule has 7 nitrogen and oxygen atoms in total. The summed E-state index contributed by atoms with van der Waals surface area (Å²) < 4.78 is 23.2. The van der Waals surface area contributed by atoms with Crippen LogP contribution in [0.4, 0.5) is 0 Å². The van der Waals surface area contributed by atoms with Crippen LogP contribution in [0.5, 0.6) is 0 Å². The lowest BCUT2D eigenvalue weighted by atomic mass is 10.1. The topological polar surface area (TPSA) is 86.8 Å². The third-order valence-electron chi connectivity index (χ3n) is 5.29. The van der Waals surface area contributed by atoms with E-state index in [1.165, 1.54) is 17.7 Å². The molecular formula is C22H27N3O4S. The molecule has 2 aromatic rings. The van der Waals surface area contributed by atoms with E-state index in [4.69, 9.17) is 0 Å². The molecular weight excluding hydrogens is 402 g/mol. The first-order valence-corrected chi connectivity index (χ1v) is 11.7. The Bertz CT molecular complexity index is 991. The normalized spacial score (nSPS) is 17.5. The highest BCUT2D eigenvalue weighted by molar-refractivity contribution is 7.90. The fourth-order valence-corrected chi connectivity index (χ4v) is 4.28. The van der Waals surface area contributed by atoms with Crippen molar-refractivity contribution in [1.82, 2.24) is 15.1 Å². The molecule has 8 heteroatoms. The van der Waals surface area contributed by atoms with Crippen LogP contribution >= 0.6 is 0 Å². The van der Waals surface area contributed by atoms with E-state index in [1.807, 2.05) is 30.3 Å². The maximum Gasteiger partial charge on any atom is 0.243 e. The highest BCUT2D eigenvalue weighted by Gasteiger charge is 2.34. The molecule has 1 aliphatic rings. The summed E-state index contributed by atoms with van der Waals surface area (Å²) in [6.45, 7) is 2.34.